The van der Waals surface area contributed by atoms with Gasteiger partial charge < -0.3 is 21.3 Å². The second kappa shape index (κ2) is 22.4. The predicted molar refractivity (Wildman–Crippen MR) is 203 cm³/mol. The fourth-order valence-electron chi connectivity index (χ4n) is 5.18. The van der Waals surface area contributed by atoms with E-state index >= 15 is 0 Å². The fraction of sp³-hybridized carbons (Fsp3) is 0.341. The first kappa shape index (κ1) is 41.9. The van der Waals surface area contributed by atoms with E-state index < -0.39 is 0 Å². The maximum atomic E-state index is 5.54. The van der Waals surface area contributed by atoms with E-state index in [0.717, 1.165) is 22.6 Å². The monoisotopic (exact) mass is 795 g/mol. The molecule has 0 bridgehead atoms. The molecule has 1 atom stereocenters. The molecule has 47 heavy (non-hydrogen) atoms. The average molecular weight is 794 g/mol. The molecule has 0 aliphatic carbocycles. The molecule has 6 heteroatoms. The van der Waals surface area contributed by atoms with Gasteiger partial charge in [0.2, 0.25) is 0 Å². The first-order chi connectivity index (χ1) is 22.2. The third kappa shape index (κ3) is 12.1. The van der Waals surface area contributed by atoms with Crippen LogP contribution in [0.15, 0.2) is 103 Å². The van der Waals surface area contributed by atoms with E-state index in [1.165, 1.54) is 33.0 Å². The molecular formula is C41H53HfN5. The van der Waals surface area contributed by atoms with Crippen LogP contribution in [0.4, 0.5) is 5.69 Å². The van der Waals surface area contributed by atoms with E-state index in [1.54, 1.807) is 42.3 Å². The van der Waals surface area contributed by atoms with Gasteiger partial charge in [-0.3, -0.25) is 4.98 Å². The van der Waals surface area contributed by atoms with E-state index in [1.807, 2.05) is 0 Å². The summed E-state index contributed by atoms with van der Waals surface area (Å²) >= 11 is 0. The minimum atomic E-state index is -0.200. The van der Waals surface area contributed by atoms with Gasteiger partial charge in [-0.2, -0.15) is 42.3 Å². The second-order valence-corrected chi connectivity index (χ2v) is 11.8. The number of benzene rings is 4. The molecule has 246 valence electrons. The number of aryl methyl sites for hydroxylation is 1. The molecule has 5 aromatic rings. The summed E-state index contributed by atoms with van der Waals surface area (Å²) in [6.07, 6.45) is 0. The Balaban J connectivity index is 0.000000996. The van der Waals surface area contributed by atoms with Gasteiger partial charge in [-0.15, -0.1) is 5.69 Å². The zero-order valence-corrected chi connectivity index (χ0v) is 33.9. The SMILES string of the molecule is C[N-]C.C[N-]C.C[N-]C.Cc1ccccc1C([N-]c1c(C(C)C)cccc1C(C)C)c1cccc(-c2cccc3ccccc23)n1.[Hf+4]. The van der Waals surface area contributed by atoms with Crippen molar-refractivity contribution < 1.29 is 25.8 Å². The Morgan fingerprint density at radius 2 is 1.00 bits per heavy atom. The predicted octanol–water partition coefficient (Wildman–Crippen LogP) is 12.1. The molecule has 5 rings (SSSR count). The van der Waals surface area contributed by atoms with Crippen LogP contribution < -0.4 is 0 Å². The summed E-state index contributed by atoms with van der Waals surface area (Å²) in [6, 6.07) is 36.3. The van der Waals surface area contributed by atoms with Crippen molar-refractivity contribution >= 4 is 16.5 Å². The molecule has 0 aliphatic rings. The van der Waals surface area contributed by atoms with Crippen molar-refractivity contribution in [2.24, 2.45) is 0 Å². The molecule has 0 saturated carbocycles. The molecule has 1 heterocycles. The number of aromatic nitrogens is 1. The maximum Gasteiger partial charge on any atom is 4.00 e. The molecule has 4 aromatic carbocycles. The van der Waals surface area contributed by atoms with Crippen LogP contribution in [0.2, 0.25) is 0 Å². The normalized spacial score (nSPS) is 10.8. The topological polar surface area (TPSA) is 69.3 Å². The van der Waals surface area contributed by atoms with Crippen LogP contribution in [-0.2, 0) is 25.8 Å². The van der Waals surface area contributed by atoms with E-state index in [4.69, 9.17) is 10.3 Å². The molecule has 0 amide bonds. The molecule has 1 aromatic heterocycles. The van der Waals surface area contributed by atoms with Gasteiger partial charge in [0, 0.05) is 11.3 Å². The van der Waals surface area contributed by atoms with Crippen molar-refractivity contribution in [3.8, 4) is 11.3 Å². The van der Waals surface area contributed by atoms with Crippen LogP contribution in [-0.4, -0.2) is 47.3 Å². The molecule has 0 radical (unpaired) electrons. The van der Waals surface area contributed by atoms with Crippen LogP contribution in [0.1, 0.15) is 73.5 Å². The zero-order valence-electron chi connectivity index (χ0n) is 30.3. The molecule has 1 unspecified atom stereocenters. The Morgan fingerprint density at radius 1 is 0.532 bits per heavy atom. The third-order valence-corrected chi connectivity index (χ3v) is 7.20. The quantitative estimate of drug-likeness (QED) is 0.151. The van der Waals surface area contributed by atoms with E-state index in [-0.39, 0.29) is 31.9 Å². The minimum Gasteiger partial charge on any atom is -0.673 e. The van der Waals surface area contributed by atoms with Gasteiger partial charge >= 0.3 is 25.8 Å². The third-order valence-electron chi connectivity index (χ3n) is 7.20. The second-order valence-electron chi connectivity index (χ2n) is 11.8. The van der Waals surface area contributed by atoms with Gasteiger partial charge in [0.25, 0.3) is 0 Å². The fourth-order valence-corrected chi connectivity index (χ4v) is 5.18. The number of rotatable bonds is 7. The summed E-state index contributed by atoms with van der Waals surface area (Å²) in [7, 11) is 10.5. The van der Waals surface area contributed by atoms with Gasteiger partial charge in [0.15, 0.2) is 0 Å². The first-order valence-corrected chi connectivity index (χ1v) is 16.0. The van der Waals surface area contributed by atoms with Crippen LogP contribution in [0.25, 0.3) is 43.3 Å². The van der Waals surface area contributed by atoms with Crippen LogP contribution in [0.3, 0.4) is 0 Å². The van der Waals surface area contributed by atoms with Crippen molar-refractivity contribution in [2.45, 2.75) is 52.5 Å². The van der Waals surface area contributed by atoms with E-state index in [2.05, 4.69) is 154 Å². The summed E-state index contributed by atoms with van der Waals surface area (Å²) in [5.41, 5.74) is 9.19. The van der Waals surface area contributed by atoms with Gasteiger partial charge in [0.05, 0.1) is 5.69 Å². The summed E-state index contributed by atoms with van der Waals surface area (Å²) in [4.78, 5) is 5.26. The first-order valence-electron chi connectivity index (χ1n) is 16.0. The van der Waals surface area contributed by atoms with E-state index in [9.17, 15) is 0 Å². The van der Waals surface area contributed by atoms with Gasteiger partial charge in [0.1, 0.15) is 0 Å². The number of pyridine rings is 1. The molecular weight excluding hydrogens is 741 g/mol. The van der Waals surface area contributed by atoms with Crippen molar-refractivity contribution in [1.82, 2.24) is 4.98 Å². The number of nitrogens with zero attached hydrogens (tertiary/aromatic N) is 5. The van der Waals surface area contributed by atoms with Crippen LogP contribution >= 0.6 is 0 Å². The maximum absolute atomic E-state index is 5.54. The Labute approximate surface area is 304 Å². The van der Waals surface area contributed by atoms with E-state index in [0.29, 0.717) is 11.8 Å². The van der Waals surface area contributed by atoms with Gasteiger partial charge in [-0.05, 0) is 53.3 Å². The summed E-state index contributed by atoms with van der Waals surface area (Å²) in [6.45, 7) is 11.2. The van der Waals surface area contributed by atoms with Crippen LogP contribution in [0, 0.1) is 6.92 Å². The number of fused-ring (bicyclic) bond motifs is 1. The molecule has 0 saturated heterocycles. The van der Waals surface area contributed by atoms with Crippen molar-refractivity contribution in [1.29, 1.82) is 0 Å². The summed E-state index contributed by atoms with van der Waals surface area (Å²) in [5.74, 6) is 0.759. The molecule has 5 nitrogen and oxygen atoms in total. The van der Waals surface area contributed by atoms with Gasteiger partial charge in [-0.25, -0.2) is 0 Å². The van der Waals surface area contributed by atoms with Crippen molar-refractivity contribution in [3.63, 3.8) is 0 Å². The Bertz CT molecular complexity index is 1560. The Morgan fingerprint density at radius 3 is 1.57 bits per heavy atom. The largest absolute Gasteiger partial charge is 4.00 e. The number of para-hydroxylation sites is 1. The minimum absolute atomic E-state index is 0. The van der Waals surface area contributed by atoms with Gasteiger partial charge in [-0.1, -0.05) is 135 Å². The molecule has 0 N–H and O–H groups in total. The molecule has 0 spiro atoms. The van der Waals surface area contributed by atoms with Crippen molar-refractivity contribution in [2.75, 3.05) is 42.3 Å². The summed E-state index contributed by atoms with van der Waals surface area (Å²) < 4.78 is 0. The molecule has 0 fully saturated rings. The van der Waals surface area contributed by atoms with Crippen molar-refractivity contribution in [3.05, 3.63) is 152 Å². The Kier molecular flexibility index (Phi) is 20.0. The average Bonchev–Trinajstić information content (AvgIpc) is 3.05. The standard InChI is InChI=1S/C35H35N2.3C2H6N.Hf/c1-23(2)27-18-11-19-28(24(3)4)34(27)37-35(29-16-8-6-13-25(29)5)33-22-12-21-32(36-33)31-20-10-15-26-14-7-9-17-30(26)31;3*1-3-2;/h6-24,35H,1-5H3;3*1-2H3;/q4*-1;+4. The van der Waals surface area contributed by atoms with Crippen LogP contribution in [0.5, 0.6) is 0 Å². The molecule has 0 aliphatic heterocycles. The number of hydrogen-bond acceptors (Lipinski definition) is 1. The summed E-state index contributed by atoms with van der Waals surface area (Å²) in [5, 5.41) is 18.5. The smallest absolute Gasteiger partial charge is 0.673 e. The Hall–Kier alpha value is -3.16. The number of hydrogen-bond donors (Lipinski definition) is 0. The zero-order chi connectivity index (χ0) is 34.1.